The Kier molecular flexibility index (Phi) is 5.89. The molecule has 144 valence electrons. The Morgan fingerprint density at radius 1 is 1.00 bits per heavy atom. The Bertz CT molecular complexity index is 986. The van der Waals surface area contributed by atoms with Crippen LogP contribution in [0.5, 0.6) is 0 Å². The summed E-state index contributed by atoms with van der Waals surface area (Å²) >= 11 is 0. The lowest BCUT2D eigenvalue weighted by Crippen LogP contribution is -2.05. The number of nitrogens with one attached hydrogen (secondary N) is 2. The van der Waals surface area contributed by atoms with Crippen LogP contribution in [0.1, 0.15) is 41.4 Å². The van der Waals surface area contributed by atoms with Crippen LogP contribution in [-0.2, 0) is 4.74 Å². The van der Waals surface area contributed by atoms with Gasteiger partial charge in [0, 0.05) is 23.1 Å². The lowest BCUT2D eigenvalue weighted by Gasteiger charge is -2.15. The van der Waals surface area contributed by atoms with Crippen molar-refractivity contribution in [1.29, 1.82) is 0 Å². The Balaban J connectivity index is 1.86. The van der Waals surface area contributed by atoms with Crippen LogP contribution in [-0.4, -0.2) is 23.0 Å². The zero-order chi connectivity index (χ0) is 20.1. The molecule has 3 aromatic rings. The second kappa shape index (κ2) is 8.52. The number of aromatic nitrogens is 2. The van der Waals surface area contributed by atoms with E-state index < -0.39 is 0 Å². The van der Waals surface area contributed by atoms with Crippen molar-refractivity contribution >= 4 is 29.1 Å². The van der Waals surface area contributed by atoms with Gasteiger partial charge < -0.3 is 15.4 Å². The number of carbonyl (C=O) groups is 1. The Morgan fingerprint density at radius 3 is 2.54 bits per heavy atom. The number of nitrogens with zero attached hydrogens (tertiary/aromatic N) is 2. The third-order valence-corrected chi connectivity index (χ3v) is 4.24. The molecule has 1 aromatic heterocycles. The highest BCUT2D eigenvalue weighted by Gasteiger charge is 2.10. The average Bonchev–Trinajstić information content (AvgIpc) is 2.67. The van der Waals surface area contributed by atoms with Crippen LogP contribution in [0.15, 0.2) is 54.6 Å². The molecule has 0 aliphatic rings. The Morgan fingerprint density at radius 2 is 1.79 bits per heavy atom. The fourth-order valence-corrected chi connectivity index (χ4v) is 2.91. The lowest BCUT2D eigenvalue weighted by molar-refractivity contribution is 0.0601. The van der Waals surface area contributed by atoms with Gasteiger partial charge >= 0.3 is 5.97 Å². The van der Waals surface area contributed by atoms with Gasteiger partial charge in [0.2, 0.25) is 5.95 Å². The number of anilines is 4. The van der Waals surface area contributed by atoms with E-state index in [0.29, 0.717) is 28.9 Å². The molecule has 0 saturated heterocycles. The van der Waals surface area contributed by atoms with Crippen molar-refractivity contribution in [3.05, 3.63) is 71.4 Å². The maximum Gasteiger partial charge on any atom is 0.337 e. The molecule has 0 unspecified atom stereocenters. The minimum absolute atomic E-state index is 0.388. The standard InChI is InChI=1S/C22H24N4O2/c1-14(2)18-10-5-6-11-19(18)25-20-12-15(3)23-22(26-20)24-17-9-7-8-16(13-17)21(27)28-4/h5-14H,1-4H3,(H2,23,24,25,26). The molecule has 6 nitrogen and oxygen atoms in total. The molecular weight excluding hydrogens is 352 g/mol. The van der Waals surface area contributed by atoms with Gasteiger partial charge in [0.15, 0.2) is 0 Å². The quantitative estimate of drug-likeness (QED) is 0.577. The fourth-order valence-electron chi connectivity index (χ4n) is 2.91. The minimum atomic E-state index is -0.388. The molecule has 0 amide bonds. The van der Waals surface area contributed by atoms with Gasteiger partial charge in [-0.25, -0.2) is 9.78 Å². The highest BCUT2D eigenvalue weighted by molar-refractivity contribution is 5.90. The molecule has 2 aromatic carbocycles. The molecule has 0 saturated carbocycles. The Hall–Kier alpha value is -3.41. The second-order valence-corrected chi connectivity index (χ2v) is 6.78. The minimum Gasteiger partial charge on any atom is -0.465 e. The molecule has 1 heterocycles. The van der Waals surface area contributed by atoms with E-state index in [1.165, 1.54) is 12.7 Å². The van der Waals surface area contributed by atoms with Crippen molar-refractivity contribution in [2.24, 2.45) is 0 Å². The highest BCUT2D eigenvalue weighted by atomic mass is 16.5. The van der Waals surface area contributed by atoms with E-state index in [1.807, 2.05) is 37.3 Å². The van der Waals surface area contributed by atoms with E-state index in [9.17, 15) is 4.79 Å². The number of para-hydroxylation sites is 1. The summed E-state index contributed by atoms with van der Waals surface area (Å²) in [6.45, 7) is 6.23. The number of benzene rings is 2. The largest absolute Gasteiger partial charge is 0.465 e. The van der Waals surface area contributed by atoms with Crippen molar-refractivity contribution in [3.63, 3.8) is 0 Å². The van der Waals surface area contributed by atoms with Crippen LogP contribution < -0.4 is 10.6 Å². The summed E-state index contributed by atoms with van der Waals surface area (Å²) in [6, 6.07) is 17.1. The van der Waals surface area contributed by atoms with Crippen molar-refractivity contribution < 1.29 is 9.53 Å². The fraction of sp³-hybridized carbons (Fsp3) is 0.227. The van der Waals surface area contributed by atoms with E-state index in [0.717, 1.165) is 11.4 Å². The van der Waals surface area contributed by atoms with Crippen LogP contribution in [0, 0.1) is 6.92 Å². The lowest BCUT2D eigenvalue weighted by atomic mass is 10.0. The number of methoxy groups -OCH3 is 1. The molecule has 0 spiro atoms. The van der Waals surface area contributed by atoms with Crippen molar-refractivity contribution in [2.45, 2.75) is 26.7 Å². The smallest absolute Gasteiger partial charge is 0.337 e. The first kappa shape index (κ1) is 19.4. The molecule has 28 heavy (non-hydrogen) atoms. The summed E-state index contributed by atoms with van der Waals surface area (Å²) in [6.07, 6.45) is 0. The molecule has 0 atom stereocenters. The topological polar surface area (TPSA) is 76.1 Å². The molecule has 6 heteroatoms. The number of hydrogen-bond acceptors (Lipinski definition) is 6. The summed E-state index contributed by atoms with van der Waals surface area (Å²) in [4.78, 5) is 20.7. The zero-order valence-electron chi connectivity index (χ0n) is 16.5. The summed E-state index contributed by atoms with van der Waals surface area (Å²) in [5.74, 6) is 1.16. The van der Waals surface area contributed by atoms with E-state index in [-0.39, 0.29) is 5.97 Å². The van der Waals surface area contributed by atoms with Crippen LogP contribution in [0.4, 0.5) is 23.1 Å². The van der Waals surface area contributed by atoms with E-state index >= 15 is 0 Å². The number of hydrogen-bond donors (Lipinski definition) is 2. The van der Waals surface area contributed by atoms with Gasteiger partial charge in [0.05, 0.1) is 12.7 Å². The van der Waals surface area contributed by atoms with Crippen LogP contribution in [0.2, 0.25) is 0 Å². The molecular formula is C22H24N4O2. The van der Waals surface area contributed by atoms with E-state index in [2.05, 4.69) is 40.5 Å². The monoisotopic (exact) mass is 376 g/mol. The predicted molar refractivity (Wildman–Crippen MR) is 112 cm³/mol. The highest BCUT2D eigenvalue weighted by Crippen LogP contribution is 2.27. The summed E-state index contributed by atoms with van der Waals surface area (Å²) in [5, 5.41) is 6.55. The molecule has 0 bridgehead atoms. The summed E-state index contributed by atoms with van der Waals surface area (Å²) < 4.78 is 4.77. The molecule has 0 fully saturated rings. The maximum absolute atomic E-state index is 11.7. The predicted octanol–water partition coefficient (Wildman–Crippen LogP) is 5.18. The zero-order valence-corrected chi connectivity index (χ0v) is 16.5. The summed E-state index contributed by atoms with van der Waals surface area (Å²) in [5.41, 5.74) is 4.24. The Labute approximate surface area is 165 Å². The second-order valence-electron chi connectivity index (χ2n) is 6.78. The third-order valence-electron chi connectivity index (χ3n) is 4.24. The SMILES string of the molecule is COC(=O)c1cccc(Nc2nc(C)cc(Nc3ccccc3C(C)C)n2)c1. The van der Waals surface area contributed by atoms with E-state index in [4.69, 9.17) is 4.74 Å². The molecule has 0 radical (unpaired) electrons. The van der Waals surface area contributed by atoms with Gasteiger partial charge in [0.1, 0.15) is 5.82 Å². The van der Waals surface area contributed by atoms with Crippen molar-refractivity contribution in [2.75, 3.05) is 17.7 Å². The molecule has 2 N–H and O–H groups in total. The normalized spacial score (nSPS) is 10.6. The van der Waals surface area contributed by atoms with Crippen LogP contribution in [0.25, 0.3) is 0 Å². The van der Waals surface area contributed by atoms with E-state index in [1.54, 1.807) is 18.2 Å². The van der Waals surface area contributed by atoms with Gasteiger partial charge in [-0.15, -0.1) is 0 Å². The first-order chi connectivity index (χ1) is 13.5. The number of aryl methyl sites for hydroxylation is 1. The van der Waals surface area contributed by atoms with Gasteiger partial charge in [-0.3, -0.25) is 0 Å². The number of rotatable bonds is 6. The third kappa shape index (κ3) is 4.65. The summed E-state index contributed by atoms with van der Waals surface area (Å²) in [7, 11) is 1.36. The van der Waals surface area contributed by atoms with Crippen LogP contribution >= 0.6 is 0 Å². The average molecular weight is 376 g/mol. The molecule has 0 aliphatic heterocycles. The number of esters is 1. The molecule has 3 rings (SSSR count). The maximum atomic E-state index is 11.7. The first-order valence-corrected chi connectivity index (χ1v) is 9.13. The van der Waals surface area contributed by atoms with Crippen molar-refractivity contribution in [1.82, 2.24) is 9.97 Å². The van der Waals surface area contributed by atoms with Gasteiger partial charge in [0.25, 0.3) is 0 Å². The van der Waals surface area contributed by atoms with Gasteiger partial charge in [-0.2, -0.15) is 4.98 Å². The van der Waals surface area contributed by atoms with Crippen molar-refractivity contribution in [3.8, 4) is 0 Å². The number of carbonyl (C=O) groups excluding carboxylic acids is 1. The van der Waals surface area contributed by atoms with Gasteiger partial charge in [-0.1, -0.05) is 38.1 Å². The first-order valence-electron chi connectivity index (χ1n) is 9.13. The van der Waals surface area contributed by atoms with Gasteiger partial charge in [-0.05, 0) is 42.7 Å². The number of ether oxygens (including phenoxy) is 1. The van der Waals surface area contributed by atoms with Crippen LogP contribution in [0.3, 0.4) is 0 Å². The molecule has 0 aliphatic carbocycles.